The second-order valence-corrected chi connectivity index (χ2v) is 5.91. The first-order valence-electron chi connectivity index (χ1n) is 6.51. The molecule has 102 valence electrons. The largest absolute Gasteiger partial charge is 0.310 e. The lowest BCUT2D eigenvalue weighted by molar-refractivity contribution is 0.544. The Balaban J connectivity index is 1.86. The Morgan fingerprint density at radius 3 is 2.58 bits per heavy atom. The molecular formula is C15H20BrN3. The second kappa shape index (κ2) is 6.35. The van der Waals surface area contributed by atoms with Crippen LogP contribution in [0.2, 0.25) is 0 Å². The highest BCUT2D eigenvalue weighted by molar-refractivity contribution is 9.10. The Morgan fingerprint density at radius 1 is 1.32 bits per heavy atom. The third kappa shape index (κ3) is 3.91. The average Bonchev–Trinajstić information content (AvgIpc) is 2.70. The standard InChI is InChI=1S/C15H20BrN3/c1-11(8-13-4-6-15(16)7-5-13)17-9-14-10-18-19(3)12(14)2/h4-7,10-11,17H,8-9H2,1-3H3. The van der Waals surface area contributed by atoms with Crippen molar-refractivity contribution in [1.29, 1.82) is 0 Å². The maximum atomic E-state index is 4.26. The lowest BCUT2D eigenvalue weighted by Gasteiger charge is -2.13. The summed E-state index contributed by atoms with van der Waals surface area (Å²) in [5.74, 6) is 0. The molecule has 0 amide bonds. The molecule has 0 spiro atoms. The van der Waals surface area contributed by atoms with Crippen molar-refractivity contribution in [3.8, 4) is 0 Å². The Bertz CT molecular complexity index is 531. The molecule has 19 heavy (non-hydrogen) atoms. The summed E-state index contributed by atoms with van der Waals surface area (Å²) in [6, 6.07) is 8.95. The van der Waals surface area contributed by atoms with Gasteiger partial charge in [-0.25, -0.2) is 0 Å². The van der Waals surface area contributed by atoms with Crippen molar-refractivity contribution in [2.75, 3.05) is 0 Å². The maximum absolute atomic E-state index is 4.26. The topological polar surface area (TPSA) is 29.9 Å². The summed E-state index contributed by atoms with van der Waals surface area (Å²) < 4.78 is 3.04. The van der Waals surface area contributed by atoms with Gasteiger partial charge in [0, 0.05) is 35.4 Å². The van der Waals surface area contributed by atoms with Crippen LogP contribution in [0.15, 0.2) is 34.9 Å². The molecule has 1 unspecified atom stereocenters. The number of aryl methyl sites for hydroxylation is 1. The van der Waals surface area contributed by atoms with Gasteiger partial charge in [-0.1, -0.05) is 28.1 Å². The molecule has 1 aromatic carbocycles. The molecule has 3 nitrogen and oxygen atoms in total. The number of halogens is 1. The number of rotatable bonds is 5. The summed E-state index contributed by atoms with van der Waals surface area (Å²) in [4.78, 5) is 0. The first-order chi connectivity index (χ1) is 9.06. The van der Waals surface area contributed by atoms with E-state index in [9.17, 15) is 0 Å². The van der Waals surface area contributed by atoms with Crippen LogP contribution in [0, 0.1) is 6.92 Å². The number of nitrogens with one attached hydrogen (secondary N) is 1. The van der Waals surface area contributed by atoms with E-state index in [1.54, 1.807) is 0 Å². The van der Waals surface area contributed by atoms with E-state index in [0.29, 0.717) is 6.04 Å². The average molecular weight is 322 g/mol. The van der Waals surface area contributed by atoms with Crippen molar-refractivity contribution >= 4 is 15.9 Å². The van der Waals surface area contributed by atoms with Crippen LogP contribution in [0.4, 0.5) is 0 Å². The van der Waals surface area contributed by atoms with Gasteiger partial charge in [0.2, 0.25) is 0 Å². The molecule has 0 aliphatic rings. The molecule has 0 bridgehead atoms. The zero-order valence-corrected chi connectivity index (χ0v) is 13.2. The molecule has 1 heterocycles. The molecule has 0 saturated carbocycles. The van der Waals surface area contributed by atoms with Crippen molar-refractivity contribution in [2.45, 2.75) is 32.9 Å². The van der Waals surface area contributed by atoms with Crippen LogP contribution < -0.4 is 5.32 Å². The fourth-order valence-electron chi connectivity index (χ4n) is 2.05. The van der Waals surface area contributed by atoms with Crippen LogP contribution >= 0.6 is 15.9 Å². The summed E-state index contributed by atoms with van der Waals surface area (Å²) in [7, 11) is 1.98. The summed E-state index contributed by atoms with van der Waals surface area (Å²) in [5.41, 5.74) is 3.85. The van der Waals surface area contributed by atoms with Crippen LogP contribution in [-0.2, 0) is 20.0 Å². The normalized spacial score (nSPS) is 12.6. The monoisotopic (exact) mass is 321 g/mol. The van der Waals surface area contributed by atoms with E-state index in [4.69, 9.17) is 0 Å². The number of hydrogen-bond acceptors (Lipinski definition) is 2. The molecule has 1 atom stereocenters. The van der Waals surface area contributed by atoms with Gasteiger partial charge in [-0.2, -0.15) is 5.10 Å². The molecule has 0 fully saturated rings. The van der Waals surface area contributed by atoms with E-state index < -0.39 is 0 Å². The highest BCUT2D eigenvalue weighted by atomic mass is 79.9. The zero-order valence-electron chi connectivity index (χ0n) is 11.7. The van der Waals surface area contributed by atoms with Crippen molar-refractivity contribution < 1.29 is 0 Å². The van der Waals surface area contributed by atoms with Crippen LogP contribution in [0.5, 0.6) is 0 Å². The third-order valence-electron chi connectivity index (χ3n) is 3.43. The molecular weight excluding hydrogens is 302 g/mol. The van der Waals surface area contributed by atoms with Gasteiger partial charge in [-0.3, -0.25) is 4.68 Å². The molecule has 0 saturated heterocycles. The first-order valence-corrected chi connectivity index (χ1v) is 7.31. The van der Waals surface area contributed by atoms with Crippen LogP contribution in [-0.4, -0.2) is 15.8 Å². The van der Waals surface area contributed by atoms with Gasteiger partial charge in [0.1, 0.15) is 0 Å². The van der Waals surface area contributed by atoms with Gasteiger partial charge >= 0.3 is 0 Å². The number of hydrogen-bond donors (Lipinski definition) is 1. The first kappa shape index (κ1) is 14.3. The highest BCUT2D eigenvalue weighted by Crippen LogP contribution is 2.12. The Morgan fingerprint density at radius 2 is 2.00 bits per heavy atom. The van der Waals surface area contributed by atoms with E-state index in [2.05, 4.69) is 64.5 Å². The van der Waals surface area contributed by atoms with E-state index in [-0.39, 0.29) is 0 Å². The molecule has 4 heteroatoms. The van der Waals surface area contributed by atoms with Gasteiger partial charge in [0.05, 0.1) is 6.20 Å². The van der Waals surface area contributed by atoms with E-state index in [1.807, 2.05) is 17.9 Å². The lowest BCUT2D eigenvalue weighted by Crippen LogP contribution is -2.27. The summed E-state index contributed by atoms with van der Waals surface area (Å²) in [6.45, 7) is 5.19. The van der Waals surface area contributed by atoms with Gasteiger partial charge in [-0.05, 0) is 38.0 Å². The van der Waals surface area contributed by atoms with Crippen molar-refractivity contribution in [3.63, 3.8) is 0 Å². The van der Waals surface area contributed by atoms with E-state index in [0.717, 1.165) is 17.4 Å². The summed E-state index contributed by atoms with van der Waals surface area (Å²) in [6.07, 6.45) is 2.97. The Kier molecular flexibility index (Phi) is 4.77. The van der Waals surface area contributed by atoms with Gasteiger partial charge in [0.25, 0.3) is 0 Å². The summed E-state index contributed by atoms with van der Waals surface area (Å²) in [5, 5.41) is 7.81. The lowest BCUT2D eigenvalue weighted by atomic mass is 10.1. The van der Waals surface area contributed by atoms with E-state index >= 15 is 0 Å². The van der Waals surface area contributed by atoms with Crippen LogP contribution in [0.1, 0.15) is 23.7 Å². The Labute approximate surface area is 123 Å². The third-order valence-corrected chi connectivity index (χ3v) is 3.96. The minimum Gasteiger partial charge on any atom is -0.310 e. The quantitative estimate of drug-likeness (QED) is 0.916. The van der Waals surface area contributed by atoms with Crippen molar-refractivity contribution in [3.05, 3.63) is 51.8 Å². The molecule has 2 aromatic rings. The van der Waals surface area contributed by atoms with Gasteiger partial charge in [0.15, 0.2) is 0 Å². The molecule has 0 radical (unpaired) electrons. The highest BCUT2D eigenvalue weighted by Gasteiger charge is 2.07. The number of aromatic nitrogens is 2. The minimum absolute atomic E-state index is 0.445. The predicted molar refractivity (Wildman–Crippen MR) is 82.1 cm³/mol. The molecule has 0 aliphatic heterocycles. The molecule has 2 rings (SSSR count). The van der Waals surface area contributed by atoms with Crippen LogP contribution in [0.3, 0.4) is 0 Å². The minimum atomic E-state index is 0.445. The predicted octanol–water partition coefficient (Wildman–Crippen LogP) is 3.21. The SMILES string of the molecule is Cc1c(CNC(C)Cc2ccc(Br)cc2)cnn1C. The molecule has 0 aliphatic carbocycles. The van der Waals surface area contributed by atoms with Crippen molar-refractivity contribution in [1.82, 2.24) is 15.1 Å². The fourth-order valence-corrected chi connectivity index (χ4v) is 2.31. The van der Waals surface area contributed by atoms with E-state index in [1.165, 1.54) is 16.8 Å². The zero-order chi connectivity index (χ0) is 13.8. The number of nitrogens with zero attached hydrogens (tertiary/aromatic N) is 2. The second-order valence-electron chi connectivity index (χ2n) is 4.99. The Hall–Kier alpha value is -1.13. The van der Waals surface area contributed by atoms with Gasteiger partial charge < -0.3 is 5.32 Å². The van der Waals surface area contributed by atoms with Gasteiger partial charge in [-0.15, -0.1) is 0 Å². The molecule has 1 N–H and O–H groups in total. The number of benzene rings is 1. The maximum Gasteiger partial charge on any atom is 0.0537 e. The smallest absolute Gasteiger partial charge is 0.0537 e. The van der Waals surface area contributed by atoms with Crippen molar-refractivity contribution in [2.24, 2.45) is 7.05 Å². The summed E-state index contributed by atoms with van der Waals surface area (Å²) >= 11 is 3.46. The fraction of sp³-hybridized carbons (Fsp3) is 0.400. The molecule has 1 aromatic heterocycles. The van der Waals surface area contributed by atoms with Crippen LogP contribution in [0.25, 0.3) is 0 Å².